The molecule has 0 aliphatic rings. The van der Waals surface area contributed by atoms with Crippen molar-refractivity contribution in [3.8, 4) is 17.2 Å². The number of carbonyl (C=O) groups is 1. The molecule has 3 rings (SSSR count). The van der Waals surface area contributed by atoms with E-state index in [4.69, 9.17) is 21.1 Å². The molecule has 3 aromatic rings. The zero-order chi connectivity index (χ0) is 19.8. The number of rotatable bonds is 9. The molecule has 28 heavy (non-hydrogen) atoms. The molecule has 1 N–H and O–H groups in total. The molecule has 0 bridgehead atoms. The first-order chi connectivity index (χ1) is 13.7. The highest BCUT2D eigenvalue weighted by Gasteiger charge is 2.09. The normalized spacial score (nSPS) is 10.5. The van der Waals surface area contributed by atoms with Crippen LogP contribution in [0.2, 0.25) is 5.02 Å². The molecule has 1 heterocycles. The molecule has 6 nitrogen and oxygen atoms in total. The number of thioether (sulfide) groups is 1. The minimum absolute atomic E-state index is 0.0750. The standard InChI is InChI=1S/C20H20ClN3O3S/c1-26-17-8-4-16(5-9-17)24-12-10-23-20(24)28-14-19(25)22-11-13-27-18-6-2-15(21)3-7-18/h2-10,12H,11,13-14H2,1H3,(H,22,25). The minimum Gasteiger partial charge on any atom is -0.497 e. The van der Waals surface area contributed by atoms with Crippen LogP contribution in [0.25, 0.3) is 5.69 Å². The number of halogens is 1. The van der Waals surface area contributed by atoms with Gasteiger partial charge in [0.1, 0.15) is 18.1 Å². The van der Waals surface area contributed by atoms with E-state index in [1.54, 1.807) is 37.6 Å². The van der Waals surface area contributed by atoms with Gasteiger partial charge in [0, 0.05) is 23.1 Å². The molecule has 1 amide bonds. The first kappa shape index (κ1) is 20.1. The van der Waals surface area contributed by atoms with Crippen molar-refractivity contribution in [2.24, 2.45) is 0 Å². The van der Waals surface area contributed by atoms with Crippen molar-refractivity contribution in [2.75, 3.05) is 26.0 Å². The topological polar surface area (TPSA) is 65.4 Å². The number of amides is 1. The van der Waals surface area contributed by atoms with Gasteiger partial charge in [-0.1, -0.05) is 23.4 Å². The number of hydrogen-bond donors (Lipinski definition) is 1. The van der Waals surface area contributed by atoms with E-state index in [0.29, 0.717) is 18.2 Å². The third-order valence-electron chi connectivity index (χ3n) is 3.80. The van der Waals surface area contributed by atoms with E-state index in [2.05, 4.69) is 10.3 Å². The molecule has 0 radical (unpaired) electrons. The van der Waals surface area contributed by atoms with Crippen molar-refractivity contribution >= 4 is 29.3 Å². The van der Waals surface area contributed by atoms with E-state index < -0.39 is 0 Å². The van der Waals surface area contributed by atoms with Crippen molar-refractivity contribution in [1.82, 2.24) is 14.9 Å². The molecule has 2 aromatic carbocycles. The Labute approximate surface area is 172 Å². The van der Waals surface area contributed by atoms with Gasteiger partial charge in [-0.15, -0.1) is 0 Å². The Morgan fingerprint density at radius 2 is 1.86 bits per heavy atom. The number of benzene rings is 2. The van der Waals surface area contributed by atoms with E-state index in [1.165, 1.54) is 11.8 Å². The largest absolute Gasteiger partial charge is 0.497 e. The Hall–Kier alpha value is -2.64. The molecule has 0 aliphatic heterocycles. The van der Waals surface area contributed by atoms with Crippen molar-refractivity contribution in [2.45, 2.75) is 5.16 Å². The van der Waals surface area contributed by atoms with Gasteiger partial charge < -0.3 is 14.8 Å². The molecule has 0 aliphatic carbocycles. The molecule has 0 atom stereocenters. The second-order valence-corrected chi connectivity index (χ2v) is 7.10. The summed E-state index contributed by atoms with van der Waals surface area (Å²) in [6.45, 7) is 0.813. The smallest absolute Gasteiger partial charge is 0.230 e. The molecule has 8 heteroatoms. The quantitative estimate of drug-likeness (QED) is 0.423. The molecule has 0 unspecified atom stereocenters. The molecule has 1 aromatic heterocycles. The number of carbonyl (C=O) groups excluding carboxylic acids is 1. The Bertz CT molecular complexity index is 898. The van der Waals surface area contributed by atoms with Crippen LogP contribution < -0.4 is 14.8 Å². The SMILES string of the molecule is COc1ccc(-n2ccnc2SCC(=O)NCCOc2ccc(Cl)cc2)cc1. The molecule has 0 saturated carbocycles. The molecule has 0 fully saturated rings. The van der Waals surface area contributed by atoms with Gasteiger partial charge in [0.05, 0.1) is 19.4 Å². The number of ether oxygens (including phenoxy) is 2. The fraction of sp³-hybridized carbons (Fsp3) is 0.200. The van der Waals surface area contributed by atoms with Crippen LogP contribution in [0.4, 0.5) is 0 Å². The van der Waals surface area contributed by atoms with Gasteiger partial charge in [0.2, 0.25) is 5.91 Å². The molecule has 0 saturated heterocycles. The predicted octanol–water partition coefficient (Wildman–Crippen LogP) is 3.82. The lowest BCUT2D eigenvalue weighted by Gasteiger charge is -2.09. The highest BCUT2D eigenvalue weighted by molar-refractivity contribution is 7.99. The number of methoxy groups -OCH3 is 1. The van der Waals surface area contributed by atoms with Crippen molar-refractivity contribution in [3.63, 3.8) is 0 Å². The molecular formula is C20H20ClN3O3S. The lowest BCUT2D eigenvalue weighted by molar-refractivity contribution is -0.118. The first-order valence-electron chi connectivity index (χ1n) is 8.61. The predicted molar refractivity (Wildman–Crippen MR) is 111 cm³/mol. The van der Waals surface area contributed by atoms with Gasteiger partial charge in [0.15, 0.2) is 5.16 Å². The zero-order valence-corrected chi connectivity index (χ0v) is 16.9. The summed E-state index contributed by atoms with van der Waals surface area (Å²) in [5.74, 6) is 1.70. The van der Waals surface area contributed by atoms with E-state index in [-0.39, 0.29) is 11.7 Å². The van der Waals surface area contributed by atoms with Crippen LogP contribution >= 0.6 is 23.4 Å². The molecule has 146 valence electrons. The highest BCUT2D eigenvalue weighted by Crippen LogP contribution is 2.22. The van der Waals surface area contributed by atoms with Crippen molar-refractivity contribution in [3.05, 3.63) is 65.9 Å². The zero-order valence-electron chi connectivity index (χ0n) is 15.3. The lowest BCUT2D eigenvalue weighted by atomic mass is 10.3. The van der Waals surface area contributed by atoms with E-state index in [0.717, 1.165) is 22.3 Å². The summed E-state index contributed by atoms with van der Waals surface area (Å²) in [5, 5.41) is 4.24. The maximum absolute atomic E-state index is 12.1. The van der Waals surface area contributed by atoms with Crippen LogP contribution in [-0.2, 0) is 4.79 Å². The monoisotopic (exact) mass is 417 g/mol. The van der Waals surface area contributed by atoms with Crippen LogP contribution in [0.1, 0.15) is 0 Å². The average Bonchev–Trinajstić information content (AvgIpc) is 3.19. The van der Waals surface area contributed by atoms with Gasteiger partial charge in [0.25, 0.3) is 0 Å². The maximum Gasteiger partial charge on any atom is 0.230 e. The van der Waals surface area contributed by atoms with Crippen LogP contribution in [0.15, 0.2) is 66.1 Å². The number of nitrogens with one attached hydrogen (secondary N) is 1. The summed E-state index contributed by atoms with van der Waals surface area (Å²) in [5.41, 5.74) is 0.956. The highest BCUT2D eigenvalue weighted by atomic mass is 35.5. The Kier molecular flexibility index (Phi) is 7.22. The second-order valence-electron chi connectivity index (χ2n) is 5.72. The van der Waals surface area contributed by atoms with Gasteiger partial charge in [-0.3, -0.25) is 9.36 Å². The fourth-order valence-corrected chi connectivity index (χ4v) is 3.34. The third kappa shape index (κ3) is 5.68. The summed E-state index contributed by atoms with van der Waals surface area (Å²) in [6, 6.07) is 14.8. The Morgan fingerprint density at radius 3 is 2.57 bits per heavy atom. The third-order valence-corrected chi connectivity index (χ3v) is 5.02. The van der Waals surface area contributed by atoms with E-state index >= 15 is 0 Å². The van der Waals surface area contributed by atoms with E-state index in [1.807, 2.05) is 35.0 Å². The number of nitrogens with zero attached hydrogens (tertiary/aromatic N) is 2. The fourth-order valence-electron chi connectivity index (χ4n) is 2.41. The van der Waals surface area contributed by atoms with Crippen LogP contribution in [0, 0.1) is 0 Å². The van der Waals surface area contributed by atoms with Crippen molar-refractivity contribution < 1.29 is 14.3 Å². The van der Waals surface area contributed by atoms with Gasteiger partial charge >= 0.3 is 0 Å². The van der Waals surface area contributed by atoms with Gasteiger partial charge in [-0.05, 0) is 48.5 Å². The summed E-state index contributed by atoms with van der Waals surface area (Å²) in [6.07, 6.45) is 3.58. The maximum atomic E-state index is 12.1. The molecule has 0 spiro atoms. The minimum atomic E-state index is -0.0750. The van der Waals surface area contributed by atoms with E-state index in [9.17, 15) is 4.79 Å². The number of aromatic nitrogens is 2. The first-order valence-corrected chi connectivity index (χ1v) is 9.98. The van der Waals surface area contributed by atoms with Gasteiger partial charge in [-0.25, -0.2) is 4.98 Å². The summed E-state index contributed by atoms with van der Waals surface area (Å²) in [7, 11) is 1.63. The second kappa shape index (κ2) is 10.1. The van der Waals surface area contributed by atoms with Gasteiger partial charge in [-0.2, -0.15) is 0 Å². The summed E-state index contributed by atoms with van der Waals surface area (Å²) in [4.78, 5) is 16.4. The Morgan fingerprint density at radius 1 is 1.14 bits per heavy atom. The number of hydrogen-bond acceptors (Lipinski definition) is 5. The van der Waals surface area contributed by atoms with Crippen LogP contribution in [0.3, 0.4) is 0 Å². The van der Waals surface area contributed by atoms with Crippen LogP contribution in [-0.4, -0.2) is 41.5 Å². The number of imidazole rings is 1. The Balaban J connectivity index is 1.43. The summed E-state index contributed by atoms with van der Waals surface area (Å²) >= 11 is 7.20. The van der Waals surface area contributed by atoms with Crippen LogP contribution in [0.5, 0.6) is 11.5 Å². The lowest BCUT2D eigenvalue weighted by Crippen LogP contribution is -2.29. The molecular weight excluding hydrogens is 398 g/mol. The summed E-state index contributed by atoms with van der Waals surface area (Å²) < 4.78 is 12.7. The average molecular weight is 418 g/mol. The van der Waals surface area contributed by atoms with Crippen molar-refractivity contribution in [1.29, 1.82) is 0 Å².